The molecule has 1 amide bonds. The molecule has 0 aliphatic heterocycles. The third kappa shape index (κ3) is 6.54. The van der Waals surface area contributed by atoms with Crippen LogP contribution in [0.25, 0.3) is 0 Å². The summed E-state index contributed by atoms with van der Waals surface area (Å²) in [5.74, 6) is -0.177. The normalized spacial score (nSPS) is 11.3. The third-order valence-electron chi connectivity index (χ3n) is 5.15. The molecule has 0 aliphatic carbocycles. The van der Waals surface area contributed by atoms with Gasteiger partial charge in [-0.1, -0.05) is 50.6 Å². The second-order valence-electron chi connectivity index (χ2n) is 8.33. The number of carbonyl (C=O) groups excluding carboxylic acids is 1. The summed E-state index contributed by atoms with van der Waals surface area (Å²) in [6.45, 7) is 9.92. The fourth-order valence-corrected chi connectivity index (χ4v) is 3.55. The van der Waals surface area contributed by atoms with Crippen molar-refractivity contribution in [3.05, 3.63) is 56.2 Å². The van der Waals surface area contributed by atoms with E-state index in [4.69, 9.17) is 10.5 Å². The lowest BCUT2D eigenvalue weighted by molar-refractivity contribution is -0.120. The molecule has 3 N–H and O–H groups in total. The molecule has 0 unspecified atom stereocenters. The molecule has 0 atom stereocenters. The van der Waals surface area contributed by atoms with Crippen molar-refractivity contribution in [3.8, 4) is 0 Å². The van der Waals surface area contributed by atoms with Gasteiger partial charge in [-0.15, -0.1) is 0 Å². The van der Waals surface area contributed by atoms with Crippen molar-refractivity contribution in [2.75, 3.05) is 44.0 Å². The van der Waals surface area contributed by atoms with Gasteiger partial charge in [0.1, 0.15) is 5.82 Å². The molecule has 1 aromatic carbocycles. The zero-order valence-electron chi connectivity index (χ0n) is 19.7. The predicted molar refractivity (Wildman–Crippen MR) is 127 cm³/mol. The Balaban J connectivity index is 2.37. The van der Waals surface area contributed by atoms with Crippen LogP contribution in [0.2, 0.25) is 0 Å². The molecule has 0 spiro atoms. The quantitative estimate of drug-likeness (QED) is 0.543. The first-order valence-electron chi connectivity index (χ1n) is 10.9. The number of benzene rings is 1. The number of amides is 1. The van der Waals surface area contributed by atoms with Gasteiger partial charge in [-0.25, -0.2) is 4.79 Å². The molecular formula is C23H35N5O4. The Morgan fingerprint density at radius 2 is 2.00 bits per heavy atom. The topological polar surface area (TPSA) is 114 Å². The van der Waals surface area contributed by atoms with Gasteiger partial charge in [0.2, 0.25) is 5.91 Å². The van der Waals surface area contributed by atoms with Gasteiger partial charge in [0.15, 0.2) is 5.69 Å². The lowest BCUT2D eigenvalue weighted by Gasteiger charge is -2.28. The largest absolute Gasteiger partial charge is 0.383 e. The summed E-state index contributed by atoms with van der Waals surface area (Å²) in [7, 11) is 1.52. The average molecular weight is 446 g/mol. The van der Waals surface area contributed by atoms with Crippen molar-refractivity contribution >= 4 is 17.4 Å². The molecule has 9 nitrogen and oxygen atoms in total. The van der Waals surface area contributed by atoms with Gasteiger partial charge in [-0.05, 0) is 24.9 Å². The summed E-state index contributed by atoms with van der Waals surface area (Å²) in [6, 6.07) is 8.12. The Hall–Kier alpha value is -2.91. The van der Waals surface area contributed by atoms with Crippen LogP contribution in [0.5, 0.6) is 0 Å². The summed E-state index contributed by atoms with van der Waals surface area (Å²) < 4.78 is 6.46. The Morgan fingerprint density at radius 1 is 1.28 bits per heavy atom. The Kier molecular flexibility index (Phi) is 9.22. The first kappa shape index (κ1) is 25.4. The number of hydrogen-bond acceptors (Lipinski definition) is 6. The van der Waals surface area contributed by atoms with Crippen LogP contribution in [0.4, 0.5) is 11.5 Å². The zero-order chi connectivity index (χ0) is 23.8. The second-order valence-corrected chi connectivity index (χ2v) is 8.33. The standard InChI is InChI=1S/C23H35N5O4/c1-6-26(14-18-9-7-8-17(4)12-18)15-19(29)27(10-11-32-5)20-21(24)28(13-16(2)3)23(31)25-22(20)30/h7-9,12,16H,6,10-11,13-15,24H2,1-5H3,(H,25,30,31). The van der Waals surface area contributed by atoms with E-state index in [9.17, 15) is 14.4 Å². The minimum Gasteiger partial charge on any atom is -0.383 e. The molecule has 2 aromatic rings. The highest BCUT2D eigenvalue weighted by Gasteiger charge is 2.25. The van der Waals surface area contributed by atoms with E-state index < -0.39 is 11.2 Å². The first-order chi connectivity index (χ1) is 15.2. The number of H-pyrrole nitrogens is 1. The van der Waals surface area contributed by atoms with Gasteiger partial charge < -0.3 is 15.4 Å². The van der Waals surface area contributed by atoms with E-state index in [1.807, 2.05) is 50.8 Å². The molecule has 9 heteroatoms. The van der Waals surface area contributed by atoms with Crippen molar-refractivity contribution in [2.45, 2.75) is 40.8 Å². The number of aromatic amines is 1. The summed E-state index contributed by atoms with van der Waals surface area (Å²) in [4.78, 5) is 43.9. The monoisotopic (exact) mass is 445 g/mol. The predicted octanol–water partition coefficient (Wildman–Crippen LogP) is 1.58. The van der Waals surface area contributed by atoms with E-state index in [-0.39, 0.29) is 43.0 Å². The number of likely N-dealkylation sites (N-methyl/N-ethyl adjacent to an activating group) is 1. The van der Waals surface area contributed by atoms with Crippen molar-refractivity contribution < 1.29 is 9.53 Å². The molecule has 0 bridgehead atoms. The summed E-state index contributed by atoms with van der Waals surface area (Å²) in [6.07, 6.45) is 0. The van der Waals surface area contributed by atoms with Crippen LogP contribution in [0.3, 0.4) is 0 Å². The molecule has 0 aliphatic rings. The van der Waals surface area contributed by atoms with Crippen LogP contribution in [0.15, 0.2) is 33.9 Å². The molecule has 0 saturated carbocycles. The van der Waals surface area contributed by atoms with Crippen LogP contribution >= 0.6 is 0 Å². The molecule has 176 valence electrons. The number of methoxy groups -OCH3 is 1. The lowest BCUT2D eigenvalue weighted by atomic mass is 10.1. The summed E-state index contributed by atoms with van der Waals surface area (Å²) in [5, 5.41) is 0. The average Bonchev–Trinajstić information content (AvgIpc) is 2.72. The maximum atomic E-state index is 13.3. The highest BCUT2D eigenvalue weighted by Crippen LogP contribution is 2.18. The van der Waals surface area contributed by atoms with Crippen LogP contribution < -0.4 is 21.9 Å². The number of carbonyl (C=O) groups is 1. The van der Waals surface area contributed by atoms with Gasteiger partial charge in [-0.3, -0.25) is 24.0 Å². The van der Waals surface area contributed by atoms with Crippen LogP contribution in [-0.2, 0) is 22.6 Å². The van der Waals surface area contributed by atoms with Crippen LogP contribution in [0, 0.1) is 12.8 Å². The minimum absolute atomic E-state index is 0.0149. The van der Waals surface area contributed by atoms with E-state index in [0.29, 0.717) is 19.6 Å². The smallest absolute Gasteiger partial charge is 0.330 e. The lowest BCUT2D eigenvalue weighted by Crippen LogP contribution is -2.46. The van der Waals surface area contributed by atoms with Crippen molar-refractivity contribution in [1.82, 2.24) is 14.5 Å². The van der Waals surface area contributed by atoms with Crippen molar-refractivity contribution in [1.29, 1.82) is 0 Å². The fourth-order valence-electron chi connectivity index (χ4n) is 3.55. The molecule has 2 rings (SSSR count). The van der Waals surface area contributed by atoms with Gasteiger partial charge >= 0.3 is 5.69 Å². The zero-order valence-corrected chi connectivity index (χ0v) is 19.7. The maximum absolute atomic E-state index is 13.3. The Bertz CT molecular complexity index is 1030. The molecule has 32 heavy (non-hydrogen) atoms. The molecule has 1 heterocycles. The molecule has 0 saturated heterocycles. The fraction of sp³-hybridized carbons (Fsp3) is 0.522. The van der Waals surface area contributed by atoms with Crippen molar-refractivity contribution in [2.24, 2.45) is 5.92 Å². The van der Waals surface area contributed by atoms with Gasteiger partial charge in [0.05, 0.1) is 13.2 Å². The first-order valence-corrected chi connectivity index (χ1v) is 10.9. The molecule has 0 fully saturated rings. The van der Waals surface area contributed by atoms with E-state index in [1.54, 1.807) is 0 Å². The number of aromatic nitrogens is 2. The summed E-state index contributed by atoms with van der Waals surface area (Å²) >= 11 is 0. The highest BCUT2D eigenvalue weighted by molar-refractivity contribution is 5.96. The Labute approximate surface area is 188 Å². The second kappa shape index (κ2) is 11.6. The highest BCUT2D eigenvalue weighted by atomic mass is 16.5. The molecule has 1 aromatic heterocycles. The third-order valence-corrected chi connectivity index (χ3v) is 5.15. The number of nitrogens with two attached hydrogens (primary N) is 1. The van der Waals surface area contributed by atoms with E-state index in [2.05, 4.69) is 11.1 Å². The molecular weight excluding hydrogens is 410 g/mol. The maximum Gasteiger partial charge on any atom is 0.330 e. The van der Waals surface area contributed by atoms with E-state index in [0.717, 1.165) is 11.1 Å². The Morgan fingerprint density at radius 3 is 2.59 bits per heavy atom. The number of nitrogen functional groups attached to an aromatic ring is 1. The van der Waals surface area contributed by atoms with Gasteiger partial charge in [-0.2, -0.15) is 0 Å². The summed E-state index contributed by atoms with van der Waals surface area (Å²) in [5.41, 5.74) is 7.21. The molecule has 0 radical (unpaired) electrons. The number of rotatable bonds is 11. The van der Waals surface area contributed by atoms with Crippen molar-refractivity contribution in [3.63, 3.8) is 0 Å². The van der Waals surface area contributed by atoms with Gasteiger partial charge in [0.25, 0.3) is 5.56 Å². The number of aryl methyl sites for hydroxylation is 1. The number of nitrogens with one attached hydrogen (secondary N) is 1. The number of hydrogen-bond donors (Lipinski definition) is 2. The van der Waals surface area contributed by atoms with E-state index in [1.165, 1.54) is 16.6 Å². The van der Waals surface area contributed by atoms with E-state index >= 15 is 0 Å². The number of ether oxygens (including phenoxy) is 1. The number of nitrogens with zero attached hydrogens (tertiary/aromatic N) is 3. The number of anilines is 2. The minimum atomic E-state index is -0.682. The van der Waals surface area contributed by atoms with Crippen LogP contribution in [-0.4, -0.2) is 53.7 Å². The van der Waals surface area contributed by atoms with Gasteiger partial charge in [0, 0.05) is 26.7 Å². The SMILES string of the molecule is CCN(CC(=O)N(CCOC)c1c(N)n(CC(C)C)c(=O)[nH]c1=O)Cc1cccc(C)c1. The van der Waals surface area contributed by atoms with Crippen LogP contribution in [0.1, 0.15) is 31.9 Å².